The molecular weight excluding hydrogens is 487 g/mol. The smallest absolute Gasteiger partial charge is 0.291 e. The summed E-state index contributed by atoms with van der Waals surface area (Å²) in [5, 5.41) is 10.2. The minimum absolute atomic E-state index is 0. The van der Waals surface area contributed by atoms with Gasteiger partial charge in [0, 0.05) is 24.0 Å². The fraction of sp³-hybridized carbons (Fsp3) is 0.400. The van der Waals surface area contributed by atoms with E-state index in [0.29, 0.717) is 17.6 Å². The van der Waals surface area contributed by atoms with E-state index >= 15 is 0 Å². The highest BCUT2D eigenvalue weighted by atomic mass is 127. The zero-order valence-electron chi connectivity index (χ0n) is 15.9. The molecule has 6 nitrogen and oxygen atoms in total. The van der Waals surface area contributed by atoms with Crippen molar-refractivity contribution < 1.29 is 9.21 Å². The van der Waals surface area contributed by atoms with E-state index in [1.54, 1.807) is 12.1 Å². The molecule has 1 saturated heterocycles. The van der Waals surface area contributed by atoms with Crippen molar-refractivity contribution in [3.8, 4) is 0 Å². The van der Waals surface area contributed by atoms with Crippen LogP contribution in [0.15, 0.2) is 52.1 Å². The number of hydrogen-bond donors (Lipinski definition) is 3. The van der Waals surface area contributed by atoms with Gasteiger partial charge in [0.15, 0.2) is 11.7 Å². The van der Waals surface area contributed by atoms with Crippen LogP contribution in [-0.4, -0.2) is 36.0 Å². The van der Waals surface area contributed by atoms with Gasteiger partial charge in [-0.2, -0.15) is 11.8 Å². The van der Waals surface area contributed by atoms with Crippen LogP contribution in [0.2, 0.25) is 0 Å². The lowest BCUT2D eigenvalue weighted by Crippen LogP contribution is -2.40. The van der Waals surface area contributed by atoms with Crippen LogP contribution in [-0.2, 0) is 6.54 Å². The van der Waals surface area contributed by atoms with Crippen LogP contribution >= 0.6 is 35.7 Å². The monoisotopic (exact) mass is 514 g/mol. The number of carbonyl (C=O) groups is 1. The first-order valence-electron chi connectivity index (χ1n) is 9.32. The van der Waals surface area contributed by atoms with Gasteiger partial charge in [0.25, 0.3) is 5.91 Å². The lowest BCUT2D eigenvalue weighted by atomic mass is 10.2. The van der Waals surface area contributed by atoms with Crippen LogP contribution in [0.1, 0.15) is 35.9 Å². The summed E-state index contributed by atoms with van der Waals surface area (Å²) in [7, 11) is 0. The number of furan rings is 1. The second kappa shape index (κ2) is 12.0. The average Bonchev–Trinajstić information content (AvgIpc) is 3.39. The van der Waals surface area contributed by atoms with Crippen LogP contribution in [0.25, 0.3) is 0 Å². The minimum atomic E-state index is -0.255. The lowest BCUT2D eigenvalue weighted by molar-refractivity contribution is 0.0996. The van der Waals surface area contributed by atoms with Gasteiger partial charge in [0.2, 0.25) is 0 Å². The molecule has 0 saturated carbocycles. The van der Waals surface area contributed by atoms with E-state index in [1.807, 2.05) is 36.0 Å². The van der Waals surface area contributed by atoms with Crippen molar-refractivity contribution in [2.75, 3.05) is 24.2 Å². The first-order chi connectivity index (χ1) is 13.2. The molecular formula is C20H27IN4O2S. The quantitative estimate of drug-likeness (QED) is 0.295. The molecule has 1 unspecified atom stereocenters. The van der Waals surface area contributed by atoms with Gasteiger partial charge < -0.3 is 20.4 Å². The van der Waals surface area contributed by atoms with E-state index < -0.39 is 0 Å². The van der Waals surface area contributed by atoms with Gasteiger partial charge in [-0.05, 0) is 55.3 Å². The molecule has 8 heteroatoms. The third-order valence-electron chi connectivity index (χ3n) is 4.24. The third kappa shape index (κ3) is 7.05. The highest BCUT2D eigenvalue weighted by Gasteiger charge is 2.15. The van der Waals surface area contributed by atoms with Gasteiger partial charge in [0.1, 0.15) is 0 Å². The van der Waals surface area contributed by atoms with Gasteiger partial charge in [0.05, 0.1) is 12.8 Å². The van der Waals surface area contributed by atoms with Crippen molar-refractivity contribution in [1.29, 1.82) is 0 Å². The van der Waals surface area contributed by atoms with Crippen LogP contribution in [0.5, 0.6) is 0 Å². The molecule has 0 bridgehead atoms. The topological polar surface area (TPSA) is 78.7 Å². The van der Waals surface area contributed by atoms with E-state index in [9.17, 15) is 4.79 Å². The molecule has 2 heterocycles. The Kier molecular flexibility index (Phi) is 9.69. The number of guanidine groups is 1. The van der Waals surface area contributed by atoms with E-state index in [1.165, 1.54) is 24.9 Å². The fourth-order valence-corrected chi connectivity index (χ4v) is 4.02. The number of nitrogens with one attached hydrogen (secondary N) is 3. The Balaban J connectivity index is 0.00000280. The van der Waals surface area contributed by atoms with Crippen molar-refractivity contribution in [3.05, 3.63) is 54.0 Å². The van der Waals surface area contributed by atoms with Crippen molar-refractivity contribution in [1.82, 2.24) is 10.6 Å². The van der Waals surface area contributed by atoms with Gasteiger partial charge in [-0.3, -0.25) is 4.79 Å². The molecule has 1 amide bonds. The number of hydrogen-bond acceptors (Lipinski definition) is 4. The summed E-state index contributed by atoms with van der Waals surface area (Å²) in [5.74, 6) is 2.16. The zero-order valence-corrected chi connectivity index (χ0v) is 19.1. The molecule has 0 radical (unpaired) electrons. The maximum Gasteiger partial charge on any atom is 0.291 e. The Hall–Kier alpha value is -1.68. The van der Waals surface area contributed by atoms with Gasteiger partial charge >= 0.3 is 0 Å². The Morgan fingerprint density at radius 2 is 2.07 bits per heavy atom. The summed E-state index contributed by atoms with van der Waals surface area (Å²) in [5.41, 5.74) is 1.81. The second-order valence-corrected chi connectivity index (χ2v) is 7.75. The van der Waals surface area contributed by atoms with Crippen molar-refractivity contribution in [2.45, 2.75) is 31.6 Å². The molecule has 1 aromatic heterocycles. The van der Waals surface area contributed by atoms with Gasteiger partial charge in [-0.25, -0.2) is 4.99 Å². The molecule has 1 aliphatic heterocycles. The molecule has 1 atom stereocenters. The number of carbonyl (C=O) groups excluding carboxylic acids is 1. The summed E-state index contributed by atoms with van der Waals surface area (Å²) in [4.78, 5) is 16.6. The van der Waals surface area contributed by atoms with Crippen LogP contribution < -0.4 is 16.0 Å². The largest absolute Gasteiger partial charge is 0.459 e. The standard InChI is InChI=1S/C20H26N4O2S.HI/c1-2-21-20(23-14-17-5-4-12-27-17)22-13-15-7-9-16(10-8-15)24-19(25)18-6-3-11-26-18;/h3,6-11,17H,2,4-5,12-14H2,1H3,(H,24,25)(H2,21,22,23);1H. The number of nitrogens with zero attached hydrogens (tertiary/aromatic N) is 1. The van der Waals surface area contributed by atoms with Crippen LogP contribution in [0, 0.1) is 0 Å². The van der Waals surface area contributed by atoms with Crippen LogP contribution in [0.4, 0.5) is 5.69 Å². The number of benzene rings is 1. The van der Waals surface area contributed by atoms with Crippen LogP contribution in [0.3, 0.4) is 0 Å². The molecule has 0 aliphatic carbocycles. The predicted molar refractivity (Wildman–Crippen MR) is 127 cm³/mol. The molecule has 28 heavy (non-hydrogen) atoms. The number of aliphatic imine (C=N–C) groups is 1. The molecule has 1 aromatic carbocycles. The highest BCUT2D eigenvalue weighted by Crippen LogP contribution is 2.25. The van der Waals surface area contributed by atoms with Gasteiger partial charge in [-0.15, -0.1) is 24.0 Å². The van der Waals surface area contributed by atoms with E-state index in [0.717, 1.165) is 30.3 Å². The molecule has 3 N–H and O–H groups in total. The molecule has 0 spiro atoms. The number of thioether (sulfide) groups is 1. The van der Waals surface area contributed by atoms with Crippen molar-refractivity contribution in [2.24, 2.45) is 4.99 Å². The minimum Gasteiger partial charge on any atom is -0.459 e. The third-order valence-corrected chi connectivity index (χ3v) is 5.64. The Morgan fingerprint density at radius 3 is 2.71 bits per heavy atom. The summed E-state index contributed by atoms with van der Waals surface area (Å²) in [6.45, 7) is 4.44. The lowest BCUT2D eigenvalue weighted by Gasteiger charge is -2.14. The fourth-order valence-electron chi connectivity index (χ4n) is 2.82. The van der Waals surface area contributed by atoms with Crippen molar-refractivity contribution >= 4 is 53.3 Å². The summed E-state index contributed by atoms with van der Waals surface area (Å²) < 4.78 is 5.09. The maximum atomic E-state index is 12.0. The molecule has 1 fully saturated rings. The highest BCUT2D eigenvalue weighted by molar-refractivity contribution is 14.0. The Labute approximate surface area is 187 Å². The van der Waals surface area contributed by atoms with Gasteiger partial charge in [-0.1, -0.05) is 12.1 Å². The normalized spacial score (nSPS) is 16.3. The first kappa shape index (κ1) is 22.6. The Morgan fingerprint density at radius 1 is 1.25 bits per heavy atom. The molecule has 2 aromatic rings. The molecule has 152 valence electrons. The summed E-state index contributed by atoms with van der Waals surface area (Å²) in [6.07, 6.45) is 4.08. The summed E-state index contributed by atoms with van der Waals surface area (Å²) in [6, 6.07) is 11.0. The molecule has 1 aliphatic rings. The summed E-state index contributed by atoms with van der Waals surface area (Å²) >= 11 is 2.04. The van der Waals surface area contributed by atoms with E-state index in [-0.39, 0.29) is 29.9 Å². The molecule has 3 rings (SSSR count). The average molecular weight is 514 g/mol. The van der Waals surface area contributed by atoms with E-state index in [4.69, 9.17) is 4.42 Å². The number of halogens is 1. The second-order valence-electron chi connectivity index (χ2n) is 6.34. The van der Waals surface area contributed by atoms with Crippen molar-refractivity contribution in [3.63, 3.8) is 0 Å². The predicted octanol–water partition coefficient (Wildman–Crippen LogP) is 4.10. The first-order valence-corrected chi connectivity index (χ1v) is 10.4. The maximum absolute atomic E-state index is 12.0. The number of rotatable bonds is 7. The van der Waals surface area contributed by atoms with E-state index in [2.05, 4.69) is 27.9 Å². The SMILES string of the molecule is CCNC(=NCc1ccc(NC(=O)c2ccco2)cc1)NCC1CCCS1.I. The zero-order chi connectivity index (χ0) is 18.9. The Bertz CT molecular complexity index is 744. The number of anilines is 1. The number of amides is 1.